The average molecular weight is 187 g/mol. The maximum Gasteiger partial charge on any atom is 0.0167 e. The molecule has 1 heterocycles. The maximum atomic E-state index is 3.42. The van der Waals surface area contributed by atoms with Crippen LogP contribution < -0.4 is 10.6 Å². The van der Waals surface area contributed by atoms with Crippen LogP contribution in [0.4, 0.5) is 0 Å². The van der Waals surface area contributed by atoms with E-state index in [1.807, 2.05) is 0 Å². The van der Waals surface area contributed by atoms with E-state index in [9.17, 15) is 0 Å². The van der Waals surface area contributed by atoms with Crippen LogP contribution in [0.1, 0.15) is 13.8 Å². The Morgan fingerprint density at radius 1 is 1.00 bits per heavy atom. The fourth-order valence-corrected chi connectivity index (χ4v) is 1.12. The molecule has 0 aliphatic carbocycles. The minimum Gasteiger partial charge on any atom is -0.314 e. The largest absolute Gasteiger partial charge is 0.314 e. The molecule has 1 fully saturated rings. The van der Waals surface area contributed by atoms with Crippen LogP contribution in [0.3, 0.4) is 0 Å². The number of nitrogens with one attached hydrogen (secondary N) is 2. The molecule has 2 nitrogen and oxygen atoms in total. The summed E-state index contributed by atoms with van der Waals surface area (Å²) in [6, 6.07) is 1.30. The Hall–Kier alpha value is 0.500. The van der Waals surface area contributed by atoms with Gasteiger partial charge in [-0.15, -0.1) is 24.8 Å². The third kappa shape index (κ3) is 4.34. The van der Waals surface area contributed by atoms with Crippen molar-refractivity contribution in [2.24, 2.45) is 0 Å². The summed E-state index contributed by atoms with van der Waals surface area (Å²) in [7, 11) is 0. The van der Waals surface area contributed by atoms with Crippen LogP contribution in [0.15, 0.2) is 0 Å². The summed E-state index contributed by atoms with van der Waals surface area (Å²) in [4.78, 5) is 0. The van der Waals surface area contributed by atoms with Crippen molar-refractivity contribution in [2.75, 3.05) is 13.1 Å². The monoisotopic (exact) mass is 186 g/mol. The van der Waals surface area contributed by atoms with E-state index in [1.54, 1.807) is 0 Å². The molecule has 2 atom stereocenters. The van der Waals surface area contributed by atoms with E-state index in [0.29, 0.717) is 12.1 Å². The highest BCUT2D eigenvalue weighted by Gasteiger charge is 2.11. The summed E-state index contributed by atoms with van der Waals surface area (Å²) < 4.78 is 0. The highest BCUT2D eigenvalue weighted by atomic mass is 35.5. The molecule has 0 amide bonds. The predicted octanol–water partition coefficient (Wildman–Crippen LogP) is 0.800. The molecule has 0 radical (unpaired) electrons. The van der Waals surface area contributed by atoms with Gasteiger partial charge in [-0.1, -0.05) is 0 Å². The van der Waals surface area contributed by atoms with E-state index in [-0.39, 0.29) is 24.8 Å². The summed E-state index contributed by atoms with van der Waals surface area (Å²) >= 11 is 0. The normalized spacial score (nSPS) is 31.8. The summed E-state index contributed by atoms with van der Waals surface area (Å²) in [6.45, 7) is 6.62. The van der Waals surface area contributed by atoms with Gasteiger partial charge in [0.25, 0.3) is 0 Å². The van der Waals surface area contributed by atoms with E-state index in [1.165, 1.54) is 0 Å². The minimum absolute atomic E-state index is 0. The Kier molecular flexibility index (Phi) is 8.17. The summed E-state index contributed by atoms with van der Waals surface area (Å²) in [5.41, 5.74) is 0. The highest BCUT2D eigenvalue weighted by molar-refractivity contribution is 5.85. The zero-order valence-corrected chi connectivity index (χ0v) is 8.02. The fraction of sp³-hybridized carbons (Fsp3) is 1.00. The Bertz CT molecular complexity index is 72.1. The lowest BCUT2D eigenvalue weighted by molar-refractivity contribution is 0.370. The van der Waals surface area contributed by atoms with E-state index >= 15 is 0 Å². The number of hydrogen-bond acceptors (Lipinski definition) is 2. The first kappa shape index (κ1) is 13.1. The van der Waals surface area contributed by atoms with E-state index in [2.05, 4.69) is 24.5 Å². The van der Waals surface area contributed by atoms with Crippen molar-refractivity contribution in [2.45, 2.75) is 25.9 Å². The van der Waals surface area contributed by atoms with E-state index in [0.717, 1.165) is 13.1 Å². The lowest BCUT2D eigenvalue weighted by atomic mass is 10.2. The molecule has 0 aromatic rings. The third-order valence-electron chi connectivity index (χ3n) is 1.47. The molecule has 0 aromatic heterocycles. The van der Waals surface area contributed by atoms with Crippen LogP contribution >= 0.6 is 24.8 Å². The van der Waals surface area contributed by atoms with Crippen molar-refractivity contribution in [3.05, 3.63) is 0 Å². The average Bonchev–Trinajstić information content (AvgIpc) is 1.64. The maximum absolute atomic E-state index is 3.42. The van der Waals surface area contributed by atoms with Gasteiger partial charge in [0.2, 0.25) is 0 Å². The fourth-order valence-electron chi connectivity index (χ4n) is 1.12. The zero-order valence-electron chi connectivity index (χ0n) is 6.39. The molecule has 1 aliphatic rings. The molecule has 1 rings (SSSR count). The second-order valence-electron chi connectivity index (χ2n) is 2.63. The van der Waals surface area contributed by atoms with E-state index in [4.69, 9.17) is 0 Å². The third-order valence-corrected chi connectivity index (χ3v) is 1.47. The van der Waals surface area contributed by atoms with Crippen molar-refractivity contribution in [3.63, 3.8) is 0 Å². The van der Waals surface area contributed by atoms with Crippen molar-refractivity contribution >= 4 is 24.8 Å². The molecular formula is C6H16Cl2N2. The van der Waals surface area contributed by atoms with Crippen LogP contribution in [0.2, 0.25) is 0 Å². The van der Waals surface area contributed by atoms with Gasteiger partial charge in [0.15, 0.2) is 0 Å². The first-order valence-corrected chi connectivity index (χ1v) is 3.26. The quantitative estimate of drug-likeness (QED) is 0.586. The molecule has 0 bridgehead atoms. The number of halogens is 2. The molecule has 10 heavy (non-hydrogen) atoms. The smallest absolute Gasteiger partial charge is 0.0167 e. The summed E-state index contributed by atoms with van der Waals surface area (Å²) in [5, 5.41) is 6.74. The predicted molar refractivity (Wildman–Crippen MR) is 49.4 cm³/mol. The standard InChI is InChI=1S/C6H14N2.2ClH/c1-5-3-7-4-6(2)8-5;;/h5-8H,3-4H2,1-2H3;2*1H/t5-,6+;;. The summed E-state index contributed by atoms with van der Waals surface area (Å²) in [5.74, 6) is 0. The Balaban J connectivity index is 0. The van der Waals surface area contributed by atoms with Crippen LogP contribution in [0.25, 0.3) is 0 Å². The second kappa shape index (κ2) is 6.23. The van der Waals surface area contributed by atoms with Gasteiger partial charge in [0.05, 0.1) is 0 Å². The van der Waals surface area contributed by atoms with Crippen LogP contribution in [-0.4, -0.2) is 25.2 Å². The van der Waals surface area contributed by atoms with Gasteiger partial charge in [0.1, 0.15) is 0 Å². The van der Waals surface area contributed by atoms with Gasteiger partial charge in [0, 0.05) is 25.2 Å². The number of hydrogen-bond donors (Lipinski definition) is 2. The number of piperazine rings is 1. The molecule has 1 aliphatic heterocycles. The molecule has 0 spiro atoms. The Morgan fingerprint density at radius 2 is 1.40 bits per heavy atom. The van der Waals surface area contributed by atoms with Gasteiger partial charge in [-0.05, 0) is 13.8 Å². The lowest BCUT2D eigenvalue weighted by Crippen LogP contribution is -2.52. The van der Waals surface area contributed by atoms with Crippen LogP contribution in [0, 0.1) is 0 Å². The molecule has 0 saturated carbocycles. The van der Waals surface area contributed by atoms with Gasteiger partial charge in [-0.3, -0.25) is 0 Å². The highest BCUT2D eigenvalue weighted by Crippen LogP contribution is 1.90. The van der Waals surface area contributed by atoms with Gasteiger partial charge in [-0.2, -0.15) is 0 Å². The van der Waals surface area contributed by atoms with Gasteiger partial charge < -0.3 is 10.6 Å². The SMILES string of the molecule is C[C@@H]1CNC[C@H](C)N1.Cl.Cl. The molecule has 0 aromatic carbocycles. The Morgan fingerprint density at radius 3 is 1.60 bits per heavy atom. The summed E-state index contributed by atoms with van der Waals surface area (Å²) in [6.07, 6.45) is 0. The molecule has 4 heteroatoms. The van der Waals surface area contributed by atoms with Gasteiger partial charge in [-0.25, -0.2) is 0 Å². The van der Waals surface area contributed by atoms with Crippen molar-refractivity contribution in [1.82, 2.24) is 10.6 Å². The molecule has 2 N–H and O–H groups in total. The lowest BCUT2D eigenvalue weighted by Gasteiger charge is -2.26. The van der Waals surface area contributed by atoms with Gasteiger partial charge >= 0.3 is 0 Å². The van der Waals surface area contributed by atoms with Crippen LogP contribution in [0.5, 0.6) is 0 Å². The Labute approximate surface area is 75.0 Å². The first-order valence-electron chi connectivity index (χ1n) is 3.26. The van der Waals surface area contributed by atoms with Crippen molar-refractivity contribution in [3.8, 4) is 0 Å². The van der Waals surface area contributed by atoms with Crippen molar-refractivity contribution in [1.29, 1.82) is 0 Å². The molecular weight excluding hydrogens is 171 g/mol. The first-order chi connectivity index (χ1) is 3.79. The van der Waals surface area contributed by atoms with Crippen LogP contribution in [-0.2, 0) is 0 Å². The molecule has 1 saturated heterocycles. The molecule has 64 valence electrons. The topological polar surface area (TPSA) is 24.1 Å². The van der Waals surface area contributed by atoms with Crippen molar-refractivity contribution < 1.29 is 0 Å². The minimum atomic E-state index is 0. The molecule has 0 unspecified atom stereocenters. The number of rotatable bonds is 0. The van der Waals surface area contributed by atoms with E-state index < -0.39 is 0 Å². The second-order valence-corrected chi connectivity index (χ2v) is 2.63. The zero-order chi connectivity index (χ0) is 5.98.